The highest BCUT2D eigenvalue weighted by Crippen LogP contribution is 2.26. The molecule has 0 aliphatic carbocycles. The van der Waals surface area contributed by atoms with Gasteiger partial charge in [0.2, 0.25) is 0 Å². The molecule has 1 heterocycles. The topological polar surface area (TPSA) is 24.5 Å². The average molecular weight is 270 g/mol. The zero-order valence-corrected chi connectivity index (χ0v) is 14.0. The van der Waals surface area contributed by atoms with Gasteiger partial charge in [0.05, 0.1) is 5.60 Å². The Morgan fingerprint density at radius 1 is 1.16 bits per heavy atom. The SMILES string of the molecule is CCOC(C)(C)CN1CC(C(C)(C)C)NCC1CC. The fourth-order valence-electron chi connectivity index (χ4n) is 2.96. The van der Waals surface area contributed by atoms with E-state index in [0.29, 0.717) is 17.5 Å². The summed E-state index contributed by atoms with van der Waals surface area (Å²) in [5, 5.41) is 3.73. The molecule has 1 aliphatic heterocycles. The second-order valence-corrected chi connectivity index (χ2v) is 7.51. The number of nitrogens with zero attached hydrogens (tertiary/aromatic N) is 1. The van der Waals surface area contributed by atoms with E-state index in [1.54, 1.807) is 0 Å². The molecule has 0 spiro atoms. The first-order valence-electron chi connectivity index (χ1n) is 7.81. The van der Waals surface area contributed by atoms with Gasteiger partial charge >= 0.3 is 0 Å². The Morgan fingerprint density at radius 3 is 2.26 bits per heavy atom. The van der Waals surface area contributed by atoms with Crippen molar-refractivity contribution in [2.24, 2.45) is 5.41 Å². The maximum atomic E-state index is 5.88. The minimum Gasteiger partial charge on any atom is -0.375 e. The van der Waals surface area contributed by atoms with Crippen LogP contribution in [0, 0.1) is 5.41 Å². The van der Waals surface area contributed by atoms with Crippen molar-refractivity contribution in [2.75, 3.05) is 26.2 Å². The summed E-state index contributed by atoms with van der Waals surface area (Å²) >= 11 is 0. The lowest BCUT2D eigenvalue weighted by molar-refractivity contribution is -0.0536. The summed E-state index contributed by atoms with van der Waals surface area (Å²) in [5.74, 6) is 0. The van der Waals surface area contributed by atoms with E-state index < -0.39 is 0 Å². The van der Waals surface area contributed by atoms with E-state index in [1.165, 1.54) is 6.42 Å². The van der Waals surface area contributed by atoms with E-state index in [1.807, 2.05) is 0 Å². The highest BCUT2D eigenvalue weighted by molar-refractivity contribution is 4.93. The molecule has 0 aromatic rings. The molecule has 3 heteroatoms. The van der Waals surface area contributed by atoms with Crippen LogP contribution in [0.5, 0.6) is 0 Å². The molecule has 1 rings (SSSR count). The molecule has 2 unspecified atom stereocenters. The summed E-state index contributed by atoms with van der Waals surface area (Å²) in [5.41, 5.74) is 0.259. The van der Waals surface area contributed by atoms with Crippen LogP contribution < -0.4 is 5.32 Å². The molecule has 0 saturated carbocycles. The predicted octanol–water partition coefficient (Wildman–Crippen LogP) is 2.90. The molecule has 0 bridgehead atoms. The second kappa shape index (κ2) is 6.55. The van der Waals surface area contributed by atoms with Gasteiger partial charge in [-0.3, -0.25) is 4.90 Å². The third-order valence-electron chi connectivity index (χ3n) is 4.17. The predicted molar refractivity (Wildman–Crippen MR) is 82.6 cm³/mol. The fourth-order valence-corrected chi connectivity index (χ4v) is 2.96. The number of hydrogen-bond donors (Lipinski definition) is 1. The Hall–Kier alpha value is -0.120. The Kier molecular flexibility index (Phi) is 5.84. The van der Waals surface area contributed by atoms with Crippen molar-refractivity contribution in [1.82, 2.24) is 10.2 Å². The van der Waals surface area contributed by atoms with Gasteiger partial charge < -0.3 is 10.1 Å². The minimum absolute atomic E-state index is 0.0536. The molecular weight excluding hydrogens is 236 g/mol. The molecule has 1 N–H and O–H groups in total. The van der Waals surface area contributed by atoms with Crippen molar-refractivity contribution in [1.29, 1.82) is 0 Å². The summed E-state index contributed by atoms with van der Waals surface area (Å²) in [6, 6.07) is 1.20. The monoisotopic (exact) mass is 270 g/mol. The Morgan fingerprint density at radius 2 is 1.79 bits per heavy atom. The minimum atomic E-state index is -0.0536. The van der Waals surface area contributed by atoms with Gasteiger partial charge in [-0.25, -0.2) is 0 Å². The summed E-state index contributed by atoms with van der Waals surface area (Å²) < 4.78 is 5.88. The van der Waals surface area contributed by atoms with Gasteiger partial charge in [-0.15, -0.1) is 0 Å². The van der Waals surface area contributed by atoms with Crippen LogP contribution in [0.3, 0.4) is 0 Å². The van der Waals surface area contributed by atoms with Crippen molar-refractivity contribution < 1.29 is 4.74 Å². The van der Waals surface area contributed by atoms with Gasteiger partial charge in [-0.05, 0) is 32.6 Å². The number of ether oxygens (including phenoxy) is 1. The molecule has 0 aromatic carbocycles. The van der Waals surface area contributed by atoms with Gasteiger partial charge in [0.15, 0.2) is 0 Å². The largest absolute Gasteiger partial charge is 0.375 e. The van der Waals surface area contributed by atoms with Crippen LogP contribution in [0.2, 0.25) is 0 Å². The standard InChI is InChI=1S/C16H34N2O/c1-8-13-10-17-14(15(3,4)5)11-18(13)12-16(6,7)19-9-2/h13-14,17H,8-12H2,1-7H3. The molecule has 19 heavy (non-hydrogen) atoms. The number of piperazine rings is 1. The maximum Gasteiger partial charge on any atom is 0.0752 e. The Labute approximate surface area is 120 Å². The van der Waals surface area contributed by atoms with Crippen LogP contribution in [0.25, 0.3) is 0 Å². The number of nitrogens with one attached hydrogen (secondary N) is 1. The third kappa shape index (κ3) is 5.05. The van der Waals surface area contributed by atoms with Crippen molar-refractivity contribution in [3.8, 4) is 0 Å². The van der Waals surface area contributed by atoms with E-state index in [-0.39, 0.29) is 5.60 Å². The third-order valence-corrected chi connectivity index (χ3v) is 4.17. The normalized spacial score (nSPS) is 26.7. The zero-order valence-electron chi connectivity index (χ0n) is 14.0. The average Bonchev–Trinajstić information content (AvgIpc) is 2.27. The van der Waals surface area contributed by atoms with Gasteiger partial charge in [-0.2, -0.15) is 0 Å². The lowest BCUT2D eigenvalue weighted by Crippen LogP contribution is -2.62. The van der Waals surface area contributed by atoms with Gasteiger partial charge in [-0.1, -0.05) is 27.7 Å². The summed E-state index contributed by atoms with van der Waals surface area (Å²) in [7, 11) is 0. The lowest BCUT2D eigenvalue weighted by Gasteiger charge is -2.47. The van der Waals surface area contributed by atoms with Crippen LogP contribution in [0.15, 0.2) is 0 Å². The van der Waals surface area contributed by atoms with Crippen LogP contribution in [-0.2, 0) is 4.74 Å². The zero-order chi connectivity index (χ0) is 14.7. The molecule has 0 amide bonds. The Bertz CT molecular complexity index is 270. The van der Waals surface area contributed by atoms with Gasteiger partial charge in [0.1, 0.15) is 0 Å². The molecular formula is C16H34N2O. The molecule has 114 valence electrons. The fraction of sp³-hybridized carbons (Fsp3) is 1.00. The summed E-state index contributed by atoms with van der Waals surface area (Å²) in [6.07, 6.45) is 1.20. The van der Waals surface area contributed by atoms with Crippen molar-refractivity contribution in [3.05, 3.63) is 0 Å². The highest BCUT2D eigenvalue weighted by Gasteiger charge is 2.35. The molecule has 0 radical (unpaired) electrons. The van der Waals surface area contributed by atoms with Crippen molar-refractivity contribution in [3.63, 3.8) is 0 Å². The molecule has 1 saturated heterocycles. The molecule has 3 nitrogen and oxygen atoms in total. The van der Waals surface area contributed by atoms with E-state index in [0.717, 1.165) is 26.2 Å². The second-order valence-electron chi connectivity index (χ2n) is 7.51. The van der Waals surface area contributed by atoms with Crippen LogP contribution in [0.4, 0.5) is 0 Å². The van der Waals surface area contributed by atoms with Gasteiger partial charge in [0.25, 0.3) is 0 Å². The lowest BCUT2D eigenvalue weighted by atomic mass is 9.84. The first kappa shape index (κ1) is 16.9. The van der Waals surface area contributed by atoms with E-state index in [2.05, 4.69) is 58.7 Å². The molecule has 1 fully saturated rings. The molecule has 1 aliphatic rings. The van der Waals surface area contributed by atoms with Crippen molar-refractivity contribution in [2.45, 2.75) is 72.6 Å². The van der Waals surface area contributed by atoms with Crippen LogP contribution in [-0.4, -0.2) is 48.8 Å². The van der Waals surface area contributed by atoms with Crippen LogP contribution in [0.1, 0.15) is 54.9 Å². The van der Waals surface area contributed by atoms with Crippen LogP contribution >= 0.6 is 0 Å². The smallest absolute Gasteiger partial charge is 0.0752 e. The quantitative estimate of drug-likeness (QED) is 0.831. The van der Waals surface area contributed by atoms with E-state index in [4.69, 9.17) is 4.74 Å². The van der Waals surface area contributed by atoms with Gasteiger partial charge in [0, 0.05) is 38.3 Å². The maximum absolute atomic E-state index is 5.88. The number of hydrogen-bond acceptors (Lipinski definition) is 3. The molecule has 0 aromatic heterocycles. The summed E-state index contributed by atoms with van der Waals surface area (Å²) in [6.45, 7) is 19.8. The first-order valence-corrected chi connectivity index (χ1v) is 7.81. The highest BCUT2D eigenvalue weighted by atomic mass is 16.5. The van der Waals surface area contributed by atoms with E-state index >= 15 is 0 Å². The van der Waals surface area contributed by atoms with Crippen molar-refractivity contribution >= 4 is 0 Å². The van der Waals surface area contributed by atoms with E-state index in [9.17, 15) is 0 Å². The summed E-state index contributed by atoms with van der Waals surface area (Å²) in [4.78, 5) is 2.63. The first-order chi connectivity index (χ1) is 8.69. The number of rotatable bonds is 5. The Balaban J connectivity index is 2.70. The molecule has 2 atom stereocenters.